The molecule has 0 amide bonds. The molecule has 11 aromatic rings. The second kappa shape index (κ2) is 14.6. The lowest BCUT2D eigenvalue weighted by Crippen LogP contribution is -2.28. The molecule has 12 rings (SSSR count). The summed E-state index contributed by atoms with van der Waals surface area (Å²) < 4.78 is 0. The molecule has 1 aliphatic carbocycles. The predicted molar refractivity (Wildman–Crippen MR) is 262 cm³/mol. The molecule has 0 radical (unpaired) electrons. The number of anilines is 3. The van der Waals surface area contributed by atoms with Gasteiger partial charge in [-0.1, -0.05) is 206 Å². The first kappa shape index (κ1) is 35.9. The Morgan fingerprint density at radius 2 is 0.758 bits per heavy atom. The minimum Gasteiger partial charge on any atom is -0.310 e. The van der Waals surface area contributed by atoms with Crippen molar-refractivity contribution in [2.75, 3.05) is 4.90 Å². The molecule has 0 bridgehead atoms. The minimum absolute atomic E-state index is 0.435. The van der Waals surface area contributed by atoms with Crippen LogP contribution in [0.5, 0.6) is 0 Å². The summed E-state index contributed by atoms with van der Waals surface area (Å²) in [6.07, 6.45) is 0. The molecule has 0 heterocycles. The SMILES string of the molecule is c1ccc(C2(c3ccccc3)c3ccccc3-c3c(-c4ccc5cc(N(c6ccc(-c7cccc8ccccc78)cc6)c6ccc7ccccc7c6)ccc5c4)cccc32)cc1. The molecule has 0 saturated carbocycles. The largest absolute Gasteiger partial charge is 0.310 e. The van der Waals surface area contributed by atoms with Crippen molar-refractivity contribution >= 4 is 49.4 Å². The maximum Gasteiger partial charge on any atom is 0.0713 e. The fourth-order valence-corrected chi connectivity index (χ4v) is 10.3. The molecular weight excluding hydrogens is 747 g/mol. The molecule has 0 N–H and O–H groups in total. The van der Waals surface area contributed by atoms with Gasteiger partial charge in [-0.25, -0.2) is 0 Å². The maximum atomic E-state index is 2.39. The molecule has 1 nitrogen and oxygen atoms in total. The van der Waals surface area contributed by atoms with Gasteiger partial charge < -0.3 is 4.90 Å². The zero-order valence-electron chi connectivity index (χ0n) is 34.1. The summed E-state index contributed by atoms with van der Waals surface area (Å²) in [6.45, 7) is 0. The van der Waals surface area contributed by atoms with Crippen LogP contribution in [0.4, 0.5) is 17.1 Å². The zero-order chi connectivity index (χ0) is 41.0. The Morgan fingerprint density at radius 1 is 0.274 bits per heavy atom. The molecule has 0 fully saturated rings. The molecule has 290 valence electrons. The van der Waals surface area contributed by atoms with Gasteiger partial charge in [-0.3, -0.25) is 0 Å². The number of rotatable bonds is 7. The average molecular weight is 788 g/mol. The summed E-state index contributed by atoms with van der Waals surface area (Å²) in [5.74, 6) is 0. The molecule has 0 saturated heterocycles. The summed E-state index contributed by atoms with van der Waals surface area (Å²) in [6, 6.07) is 91.6. The van der Waals surface area contributed by atoms with Gasteiger partial charge >= 0.3 is 0 Å². The van der Waals surface area contributed by atoms with Crippen molar-refractivity contribution in [3.8, 4) is 33.4 Å². The van der Waals surface area contributed by atoms with Crippen molar-refractivity contribution in [1.82, 2.24) is 0 Å². The maximum absolute atomic E-state index is 2.39. The standard InChI is InChI=1S/C61H41N/c1-3-19-49(20-4-1)61(50-21-5-2-6-22-50)58-27-12-11-24-57(58)60-56(26-14-28-59(60)61)48-30-29-47-41-53(38-34-46(47)39-48)62(52-37-31-42-15-7-8-17-45(42)40-52)51-35-32-44(33-36-51)55-25-13-18-43-16-9-10-23-54(43)55/h1-41H. The highest BCUT2D eigenvalue weighted by Gasteiger charge is 2.46. The van der Waals surface area contributed by atoms with Crippen LogP contribution in [-0.2, 0) is 5.41 Å². The van der Waals surface area contributed by atoms with Crippen molar-refractivity contribution in [3.05, 3.63) is 271 Å². The molecule has 0 unspecified atom stereocenters. The molecular formula is C61H41N. The lowest BCUT2D eigenvalue weighted by atomic mass is 9.67. The smallest absolute Gasteiger partial charge is 0.0713 e. The Hall–Kier alpha value is -8.00. The summed E-state index contributed by atoms with van der Waals surface area (Å²) in [5.41, 5.74) is 15.6. The Bertz CT molecular complexity index is 3410. The number of fused-ring (bicyclic) bond motifs is 6. The van der Waals surface area contributed by atoms with Gasteiger partial charge in [-0.15, -0.1) is 0 Å². The molecule has 0 spiro atoms. The van der Waals surface area contributed by atoms with E-state index in [0.717, 1.165) is 17.1 Å². The second-order valence-corrected chi connectivity index (χ2v) is 16.4. The number of nitrogens with zero attached hydrogens (tertiary/aromatic N) is 1. The van der Waals surface area contributed by atoms with Crippen LogP contribution in [-0.4, -0.2) is 0 Å². The molecule has 0 atom stereocenters. The van der Waals surface area contributed by atoms with Crippen LogP contribution >= 0.6 is 0 Å². The summed E-state index contributed by atoms with van der Waals surface area (Å²) in [4.78, 5) is 2.39. The van der Waals surface area contributed by atoms with E-state index in [9.17, 15) is 0 Å². The van der Waals surface area contributed by atoms with Crippen molar-refractivity contribution in [2.24, 2.45) is 0 Å². The highest BCUT2D eigenvalue weighted by atomic mass is 15.1. The Labute approximate surface area is 362 Å². The zero-order valence-corrected chi connectivity index (χ0v) is 34.1. The average Bonchev–Trinajstić information content (AvgIpc) is 3.66. The number of benzene rings is 11. The van der Waals surface area contributed by atoms with Gasteiger partial charge in [0, 0.05) is 17.1 Å². The van der Waals surface area contributed by atoms with Crippen LogP contribution in [0.2, 0.25) is 0 Å². The van der Waals surface area contributed by atoms with E-state index in [1.54, 1.807) is 0 Å². The van der Waals surface area contributed by atoms with Crippen LogP contribution in [0.3, 0.4) is 0 Å². The third-order valence-electron chi connectivity index (χ3n) is 13.1. The van der Waals surface area contributed by atoms with Gasteiger partial charge in [0.2, 0.25) is 0 Å². The van der Waals surface area contributed by atoms with E-state index >= 15 is 0 Å². The van der Waals surface area contributed by atoms with E-state index in [1.165, 1.54) is 88.0 Å². The normalized spacial score (nSPS) is 12.6. The summed E-state index contributed by atoms with van der Waals surface area (Å²) >= 11 is 0. The first-order valence-corrected chi connectivity index (χ1v) is 21.5. The first-order chi connectivity index (χ1) is 30.7. The van der Waals surface area contributed by atoms with E-state index < -0.39 is 5.41 Å². The van der Waals surface area contributed by atoms with Gasteiger partial charge in [-0.05, 0) is 130 Å². The van der Waals surface area contributed by atoms with E-state index in [1.807, 2.05) is 0 Å². The molecule has 1 heteroatoms. The van der Waals surface area contributed by atoms with Gasteiger partial charge in [0.1, 0.15) is 0 Å². The Kier molecular flexibility index (Phi) is 8.47. The van der Waals surface area contributed by atoms with Crippen molar-refractivity contribution in [2.45, 2.75) is 5.41 Å². The van der Waals surface area contributed by atoms with Crippen LogP contribution in [0.15, 0.2) is 249 Å². The number of hydrogen-bond acceptors (Lipinski definition) is 1. The lowest BCUT2D eigenvalue weighted by Gasteiger charge is -2.34. The van der Waals surface area contributed by atoms with Gasteiger partial charge in [0.05, 0.1) is 5.41 Å². The Morgan fingerprint density at radius 3 is 1.52 bits per heavy atom. The van der Waals surface area contributed by atoms with Crippen molar-refractivity contribution in [3.63, 3.8) is 0 Å². The quantitative estimate of drug-likeness (QED) is 0.155. The molecule has 1 aliphatic rings. The third kappa shape index (κ3) is 5.70. The van der Waals surface area contributed by atoms with Crippen molar-refractivity contribution in [1.29, 1.82) is 0 Å². The summed E-state index contributed by atoms with van der Waals surface area (Å²) in [7, 11) is 0. The minimum atomic E-state index is -0.435. The van der Waals surface area contributed by atoms with Crippen molar-refractivity contribution < 1.29 is 0 Å². The predicted octanol–water partition coefficient (Wildman–Crippen LogP) is 16.3. The molecule has 11 aromatic carbocycles. The van der Waals surface area contributed by atoms with E-state index in [0.29, 0.717) is 0 Å². The van der Waals surface area contributed by atoms with Gasteiger partial charge in [-0.2, -0.15) is 0 Å². The molecule has 62 heavy (non-hydrogen) atoms. The third-order valence-corrected chi connectivity index (χ3v) is 13.1. The summed E-state index contributed by atoms with van der Waals surface area (Å²) in [5, 5.41) is 7.36. The lowest BCUT2D eigenvalue weighted by molar-refractivity contribution is 0.768. The van der Waals surface area contributed by atoms with Crippen LogP contribution < -0.4 is 4.90 Å². The monoisotopic (exact) mass is 787 g/mol. The highest BCUT2D eigenvalue weighted by Crippen LogP contribution is 2.58. The first-order valence-electron chi connectivity index (χ1n) is 21.5. The van der Waals surface area contributed by atoms with E-state index in [2.05, 4.69) is 254 Å². The van der Waals surface area contributed by atoms with Crippen LogP contribution in [0.25, 0.3) is 65.7 Å². The van der Waals surface area contributed by atoms with Crippen LogP contribution in [0.1, 0.15) is 22.3 Å². The second-order valence-electron chi connectivity index (χ2n) is 16.4. The fraction of sp³-hybridized carbons (Fsp3) is 0.0164. The molecule has 0 aliphatic heterocycles. The molecule has 0 aromatic heterocycles. The van der Waals surface area contributed by atoms with Crippen LogP contribution in [0, 0.1) is 0 Å². The Balaban J connectivity index is 0.981. The van der Waals surface area contributed by atoms with E-state index in [4.69, 9.17) is 0 Å². The fourth-order valence-electron chi connectivity index (χ4n) is 10.3. The highest BCUT2D eigenvalue weighted by molar-refractivity contribution is 6.00. The topological polar surface area (TPSA) is 3.24 Å². The van der Waals surface area contributed by atoms with Gasteiger partial charge in [0.15, 0.2) is 0 Å². The number of hydrogen-bond donors (Lipinski definition) is 0. The van der Waals surface area contributed by atoms with Gasteiger partial charge in [0.25, 0.3) is 0 Å². The van der Waals surface area contributed by atoms with E-state index in [-0.39, 0.29) is 0 Å².